The van der Waals surface area contributed by atoms with E-state index >= 15 is 0 Å². The van der Waals surface area contributed by atoms with E-state index in [0.717, 1.165) is 6.54 Å². The minimum Gasteiger partial charge on any atom is -0.477 e. The highest BCUT2D eigenvalue weighted by atomic mass is 16.5. The molecule has 0 amide bonds. The summed E-state index contributed by atoms with van der Waals surface area (Å²) >= 11 is 0. The zero-order chi connectivity index (χ0) is 7.98. The van der Waals surface area contributed by atoms with Crippen molar-refractivity contribution >= 4 is 5.90 Å². The first-order valence-electron chi connectivity index (χ1n) is 3.15. The van der Waals surface area contributed by atoms with Crippen molar-refractivity contribution < 1.29 is 4.74 Å². The van der Waals surface area contributed by atoms with E-state index in [1.165, 1.54) is 6.08 Å². The first-order chi connectivity index (χ1) is 4.66. The Labute approximate surface area is 61.8 Å². The summed E-state index contributed by atoms with van der Waals surface area (Å²) in [6.07, 6.45) is 1.38. The van der Waals surface area contributed by atoms with E-state index in [-0.39, 0.29) is 5.90 Å². The van der Waals surface area contributed by atoms with Crippen molar-refractivity contribution in [3.05, 3.63) is 12.7 Å². The van der Waals surface area contributed by atoms with E-state index in [1.54, 1.807) is 0 Å². The van der Waals surface area contributed by atoms with E-state index < -0.39 is 0 Å². The Kier molecular flexibility index (Phi) is 4.58. The molecule has 0 aromatic heterocycles. The highest BCUT2D eigenvalue weighted by Gasteiger charge is 1.91. The molecule has 0 fully saturated rings. The zero-order valence-corrected chi connectivity index (χ0v) is 6.55. The third-order valence-corrected chi connectivity index (χ3v) is 0.981. The molecule has 1 N–H and O–H groups in total. The van der Waals surface area contributed by atoms with Crippen LogP contribution in [0.4, 0.5) is 0 Å². The lowest BCUT2D eigenvalue weighted by atomic mass is 10.6. The summed E-state index contributed by atoms with van der Waals surface area (Å²) in [6, 6.07) is 0. The van der Waals surface area contributed by atoms with Crippen LogP contribution in [0.15, 0.2) is 12.7 Å². The fourth-order valence-corrected chi connectivity index (χ4v) is 0.397. The fraction of sp³-hybridized carbons (Fsp3) is 0.571. The van der Waals surface area contributed by atoms with Crippen molar-refractivity contribution in [2.75, 3.05) is 27.2 Å². The van der Waals surface area contributed by atoms with Crippen LogP contribution in [-0.2, 0) is 4.74 Å². The maximum absolute atomic E-state index is 7.02. The molecule has 0 aromatic rings. The number of nitrogens with one attached hydrogen (secondary N) is 1. The first kappa shape index (κ1) is 9.17. The number of hydrogen-bond donors (Lipinski definition) is 1. The predicted octanol–water partition coefficient (Wildman–Crippen LogP) is 0.728. The average molecular weight is 142 g/mol. The molecule has 0 saturated carbocycles. The highest BCUT2D eigenvalue weighted by Crippen LogP contribution is 1.81. The summed E-state index contributed by atoms with van der Waals surface area (Å²) in [4.78, 5) is 2.00. The van der Waals surface area contributed by atoms with E-state index in [0.29, 0.717) is 6.61 Å². The van der Waals surface area contributed by atoms with Gasteiger partial charge in [0.15, 0.2) is 0 Å². The van der Waals surface area contributed by atoms with Crippen molar-refractivity contribution in [1.82, 2.24) is 4.90 Å². The van der Waals surface area contributed by atoms with E-state index in [1.807, 2.05) is 19.0 Å². The molecule has 10 heavy (non-hydrogen) atoms. The second kappa shape index (κ2) is 4.99. The molecule has 0 rings (SSSR count). The largest absolute Gasteiger partial charge is 0.477 e. The predicted molar refractivity (Wildman–Crippen MR) is 42.4 cm³/mol. The van der Waals surface area contributed by atoms with E-state index in [9.17, 15) is 0 Å². The molecule has 0 aliphatic heterocycles. The maximum Gasteiger partial charge on any atom is 0.205 e. The smallest absolute Gasteiger partial charge is 0.205 e. The van der Waals surface area contributed by atoms with Crippen LogP contribution in [0.3, 0.4) is 0 Å². The summed E-state index contributed by atoms with van der Waals surface area (Å²) in [6.45, 7) is 4.78. The lowest BCUT2D eigenvalue weighted by molar-refractivity contribution is 0.251. The van der Waals surface area contributed by atoms with Crippen molar-refractivity contribution in [1.29, 1.82) is 5.41 Å². The summed E-state index contributed by atoms with van der Waals surface area (Å²) in [7, 11) is 3.92. The molecule has 0 unspecified atom stereocenters. The summed E-state index contributed by atoms with van der Waals surface area (Å²) < 4.78 is 4.93. The third-order valence-electron chi connectivity index (χ3n) is 0.981. The molecule has 3 nitrogen and oxygen atoms in total. The van der Waals surface area contributed by atoms with E-state index in [2.05, 4.69) is 6.58 Å². The molecule has 0 saturated heterocycles. The topological polar surface area (TPSA) is 36.3 Å². The van der Waals surface area contributed by atoms with Crippen molar-refractivity contribution in [2.45, 2.75) is 0 Å². The average Bonchev–Trinajstić information content (AvgIpc) is 1.87. The lowest BCUT2D eigenvalue weighted by Gasteiger charge is -2.09. The van der Waals surface area contributed by atoms with Gasteiger partial charge in [0.1, 0.15) is 6.61 Å². The molecule has 0 spiro atoms. The molecule has 0 heterocycles. The van der Waals surface area contributed by atoms with Crippen molar-refractivity contribution in [3.63, 3.8) is 0 Å². The van der Waals surface area contributed by atoms with Crippen molar-refractivity contribution in [2.24, 2.45) is 0 Å². The SMILES string of the molecule is C=CC(=N)OCCN(C)C. The molecule has 0 atom stereocenters. The van der Waals surface area contributed by atoms with Crippen LogP contribution in [0.25, 0.3) is 0 Å². The Morgan fingerprint density at radius 1 is 1.70 bits per heavy atom. The summed E-state index contributed by atoms with van der Waals surface area (Å²) in [5.74, 6) is 0.141. The maximum atomic E-state index is 7.02. The number of ether oxygens (including phenoxy) is 1. The molecule has 0 aliphatic rings. The van der Waals surface area contributed by atoms with Gasteiger partial charge < -0.3 is 9.64 Å². The van der Waals surface area contributed by atoms with Gasteiger partial charge >= 0.3 is 0 Å². The number of likely N-dealkylation sites (N-methyl/N-ethyl adjacent to an activating group) is 1. The van der Waals surface area contributed by atoms with E-state index in [4.69, 9.17) is 10.1 Å². The van der Waals surface area contributed by atoms with Gasteiger partial charge in [-0.3, -0.25) is 5.41 Å². The van der Waals surface area contributed by atoms with Crippen LogP contribution in [0, 0.1) is 5.41 Å². The van der Waals surface area contributed by atoms with Gasteiger partial charge in [-0.15, -0.1) is 0 Å². The Hall–Kier alpha value is -0.830. The monoisotopic (exact) mass is 142 g/mol. The van der Waals surface area contributed by atoms with Crippen LogP contribution in [0.1, 0.15) is 0 Å². The van der Waals surface area contributed by atoms with Crippen LogP contribution >= 0.6 is 0 Å². The molecule has 3 heteroatoms. The fourth-order valence-electron chi connectivity index (χ4n) is 0.397. The molecular weight excluding hydrogens is 128 g/mol. The Morgan fingerprint density at radius 3 is 2.70 bits per heavy atom. The molecule has 0 aliphatic carbocycles. The van der Waals surface area contributed by atoms with Crippen LogP contribution in [0.5, 0.6) is 0 Å². The summed E-state index contributed by atoms with van der Waals surface area (Å²) in [5, 5.41) is 7.02. The zero-order valence-electron chi connectivity index (χ0n) is 6.55. The number of nitrogens with zero attached hydrogens (tertiary/aromatic N) is 1. The van der Waals surface area contributed by atoms with Gasteiger partial charge in [0.25, 0.3) is 0 Å². The third kappa shape index (κ3) is 5.31. The number of rotatable bonds is 4. The molecule has 0 aromatic carbocycles. The minimum absolute atomic E-state index is 0.141. The second-order valence-corrected chi connectivity index (χ2v) is 2.22. The van der Waals surface area contributed by atoms with Gasteiger partial charge in [0.05, 0.1) is 0 Å². The highest BCUT2D eigenvalue weighted by molar-refractivity contribution is 5.83. The lowest BCUT2D eigenvalue weighted by Crippen LogP contribution is -2.19. The molecular formula is C7H14N2O. The standard InChI is InChI=1S/C7H14N2O/c1-4-7(8)10-6-5-9(2)3/h4,8H,1,5-6H2,2-3H3. The summed E-state index contributed by atoms with van der Waals surface area (Å²) in [5.41, 5.74) is 0. The minimum atomic E-state index is 0.141. The van der Waals surface area contributed by atoms with Gasteiger partial charge in [0, 0.05) is 6.54 Å². The second-order valence-electron chi connectivity index (χ2n) is 2.22. The number of hydrogen-bond acceptors (Lipinski definition) is 3. The van der Waals surface area contributed by atoms with Gasteiger partial charge in [-0.05, 0) is 20.2 Å². The first-order valence-corrected chi connectivity index (χ1v) is 3.15. The Balaban J connectivity index is 3.19. The molecule has 58 valence electrons. The molecule has 0 bridgehead atoms. The van der Waals surface area contributed by atoms with Crippen LogP contribution in [-0.4, -0.2) is 38.0 Å². The van der Waals surface area contributed by atoms with Gasteiger partial charge in [-0.2, -0.15) is 0 Å². The normalized spacial score (nSPS) is 9.50. The molecule has 0 radical (unpaired) electrons. The Morgan fingerprint density at radius 2 is 2.30 bits per heavy atom. The Bertz CT molecular complexity index is 121. The van der Waals surface area contributed by atoms with Crippen LogP contribution < -0.4 is 0 Å². The quantitative estimate of drug-likeness (QED) is 0.464. The van der Waals surface area contributed by atoms with Gasteiger partial charge in [0.2, 0.25) is 5.90 Å². The van der Waals surface area contributed by atoms with Gasteiger partial charge in [-0.25, -0.2) is 0 Å². The van der Waals surface area contributed by atoms with Gasteiger partial charge in [-0.1, -0.05) is 6.58 Å². The van der Waals surface area contributed by atoms with Crippen LogP contribution in [0.2, 0.25) is 0 Å². The van der Waals surface area contributed by atoms with Crippen molar-refractivity contribution in [3.8, 4) is 0 Å².